The van der Waals surface area contributed by atoms with Gasteiger partial charge in [0.2, 0.25) is 17.7 Å². The summed E-state index contributed by atoms with van der Waals surface area (Å²) >= 11 is 6.43. The second-order valence-electron chi connectivity index (χ2n) is 16.8. The van der Waals surface area contributed by atoms with E-state index in [1.54, 1.807) is 38.3 Å². The third-order valence-corrected chi connectivity index (χ3v) is 15.8. The first kappa shape index (κ1) is 48.5. The molecule has 0 aliphatic carbocycles. The predicted octanol–water partition coefficient (Wildman–Crippen LogP) is 7.17. The molecule has 0 saturated carbocycles. The van der Waals surface area contributed by atoms with E-state index in [1.807, 2.05) is 52.0 Å². The monoisotopic (exact) mass is 843 g/mol. The largest absolute Gasteiger partial charge is 0.497 e. The number of esters is 1. The van der Waals surface area contributed by atoms with Gasteiger partial charge in [0, 0.05) is 31.9 Å². The molecule has 3 N–H and O–H groups in total. The van der Waals surface area contributed by atoms with Gasteiger partial charge in [-0.25, -0.2) is 4.79 Å². The smallest absolute Gasteiger partial charge is 0.328 e. The van der Waals surface area contributed by atoms with E-state index < -0.39 is 55.6 Å². The quantitative estimate of drug-likeness (QED) is 0.118. The molecule has 2 aromatic carbocycles. The first-order chi connectivity index (χ1) is 27.4. The average Bonchev–Trinajstić information content (AvgIpc) is 3.19. The summed E-state index contributed by atoms with van der Waals surface area (Å²) in [5, 5.41) is 9.16. The summed E-state index contributed by atoms with van der Waals surface area (Å²) < 4.78 is 29.5. The van der Waals surface area contributed by atoms with Gasteiger partial charge in [-0.3, -0.25) is 14.4 Å². The number of nitrogens with one attached hydrogen (secondary N) is 3. The summed E-state index contributed by atoms with van der Waals surface area (Å²) in [7, 11) is 0.929. The van der Waals surface area contributed by atoms with Crippen molar-refractivity contribution in [1.82, 2.24) is 16.0 Å². The number of cyclic esters (lactones) is 1. The topological polar surface area (TPSA) is 151 Å². The number of hydrogen-bond donors (Lipinski definition) is 3. The minimum absolute atomic E-state index is 0.0250. The van der Waals surface area contributed by atoms with Crippen molar-refractivity contribution in [3.8, 4) is 11.5 Å². The van der Waals surface area contributed by atoms with Crippen LogP contribution in [0.25, 0.3) is 0 Å². The first-order valence-electron chi connectivity index (χ1n) is 20.3. The van der Waals surface area contributed by atoms with Crippen LogP contribution in [0.4, 0.5) is 0 Å². The second kappa shape index (κ2) is 22.5. The Hall–Kier alpha value is -3.91. The van der Waals surface area contributed by atoms with E-state index >= 15 is 0 Å². The Labute approximate surface area is 351 Å². The zero-order valence-corrected chi connectivity index (χ0v) is 37.9. The minimum atomic E-state index is -2.20. The van der Waals surface area contributed by atoms with E-state index in [0.29, 0.717) is 22.9 Å². The van der Waals surface area contributed by atoms with Crippen LogP contribution >= 0.6 is 11.6 Å². The van der Waals surface area contributed by atoms with Crippen molar-refractivity contribution in [3.05, 3.63) is 70.8 Å². The summed E-state index contributed by atoms with van der Waals surface area (Å²) in [5.41, 5.74) is -0.0164. The number of amides is 3. The zero-order chi connectivity index (χ0) is 43.1. The van der Waals surface area contributed by atoms with Gasteiger partial charge in [0.05, 0.1) is 37.9 Å². The number of hydrogen-bond acceptors (Lipinski definition) is 9. The Bertz CT molecular complexity index is 1690. The molecular formula is C44H66ClN3O9Si. The van der Waals surface area contributed by atoms with Crippen LogP contribution in [0.5, 0.6) is 11.5 Å². The summed E-state index contributed by atoms with van der Waals surface area (Å²) in [4.78, 5) is 56.2. The zero-order valence-electron chi connectivity index (χ0n) is 36.1. The fourth-order valence-electron chi connectivity index (χ4n) is 6.74. The third-order valence-electron chi connectivity index (χ3n) is 10.9. The maximum absolute atomic E-state index is 14.5. The van der Waals surface area contributed by atoms with Gasteiger partial charge in [-0.05, 0) is 78.4 Å². The highest BCUT2D eigenvalue weighted by Gasteiger charge is 2.42. The molecule has 0 spiro atoms. The molecule has 58 heavy (non-hydrogen) atoms. The van der Waals surface area contributed by atoms with E-state index in [-0.39, 0.29) is 50.4 Å². The normalized spacial score (nSPS) is 22.0. The van der Waals surface area contributed by atoms with Crippen molar-refractivity contribution in [3.63, 3.8) is 0 Å². The molecule has 14 heteroatoms. The minimum Gasteiger partial charge on any atom is -0.497 e. The van der Waals surface area contributed by atoms with Crippen molar-refractivity contribution in [1.29, 1.82) is 0 Å². The number of ether oxygens (including phenoxy) is 4. The number of benzene rings is 2. The summed E-state index contributed by atoms with van der Waals surface area (Å²) in [6.07, 6.45) is 2.84. The highest BCUT2D eigenvalue weighted by molar-refractivity contribution is 6.73. The number of methoxy groups -OCH3 is 2. The van der Waals surface area contributed by atoms with Gasteiger partial charge < -0.3 is 39.3 Å². The number of rotatable bonds is 16. The first-order valence-corrected chi connectivity index (χ1v) is 23.2. The Morgan fingerprint density at radius 2 is 1.59 bits per heavy atom. The van der Waals surface area contributed by atoms with E-state index in [9.17, 15) is 19.2 Å². The van der Waals surface area contributed by atoms with Crippen molar-refractivity contribution in [2.75, 3.05) is 34.0 Å². The van der Waals surface area contributed by atoms with Crippen LogP contribution < -0.4 is 25.4 Å². The number of carbonyl (C=O) groups is 4. The molecule has 0 bridgehead atoms. The van der Waals surface area contributed by atoms with Crippen LogP contribution in [0, 0.1) is 16.7 Å². The molecule has 0 aromatic heterocycles. The van der Waals surface area contributed by atoms with E-state index in [4.69, 9.17) is 35.0 Å². The Kier molecular flexibility index (Phi) is 18.8. The molecule has 1 unspecified atom stereocenters. The van der Waals surface area contributed by atoms with E-state index in [1.165, 1.54) is 13.2 Å². The highest BCUT2D eigenvalue weighted by Crippen LogP contribution is 2.29. The molecular weight excluding hydrogens is 778 g/mol. The van der Waals surface area contributed by atoms with Gasteiger partial charge in [-0.2, -0.15) is 0 Å². The van der Waals surface area contributed by atoms with Gasteiger partial charge in [0.25, 0.3) is 0 Å². The molecule has 0 radical (unpaired) electrons. The molecule has 5 atom stereocenters. The van der Waals surface area contributed by atoms with Gasteiger partial charge >= 0.3 is 5.97 Å². The van der Waals surface area contributed by atoms with E-state index in [0.717, 1.165) is 29.4 Å². The van der Waals surface area contributed by atoms with Gasteiger partial charge in [-0.15, -0.1) is 0 Å². The number of carbonyl (C=O) groups excluding carboxylic acids is 4. The summed E-state index contributed by atoms with van der Waals surface area (Å²) in [6.45, 7) is 16.4. The van der Waals surface area contributed by atoms with Crippen molar-refractivity contribution < 1.29 is 42.6 Å². The molecule has 3 amide bonds. The summed E-state index contributed by atoms with van der Waals surface area (Å²) in [6, 6.07) is 13.3. The van der Waals surface area contributed by atoms with Gasteiger partial charge in [0.15, 0.2) is 8.32 Å². The molecule has 3 rings (SSSR count). The molecule has 0 saturated heterocycles. The van der Waals surface area contributed by atoms with Crippen molar-refractivity contribution in [2.24, 2.45) is 16.7 Å². The molecule has 1 aliphatic heterocycles. The summed E-state index contributed by atoms with van der Waals surface area (Å²) in [5.74, 6) is -1.13. The third kappa shape index (κ3) is 14.7. The van der Waals surface area contributed by atoms with Crippen LogP contribution in [0.3, 0.4) is 0 Å². The van der Waals surface area contributed by atoms with Crippen LogP contribution in [0.15, 0.2) is 54.6 Å². The fraction of sp³-hybridized carbons (Fsp3) is 0.591. The lowest BCUT2D eigenvalue weighted by Crippen LogP contribution is -2.57. The van der Waals surface area contributed by atoms with Gasteiger partial charge in [0.1, 0.15) is 29.7 Å². The van der Waals surface area contributed by atoms with Crippen LogP contribution in [0.1, 0.15) is 79.4 Å². The average molecular weight is 845 g/mol. The maximum atomic E-state index is 14.5. The highest BCUT2D eigenvalue weighted by atomic mass is 35.5. The molecule has 12 nitrogen and oxygen atoms in total. The van der Waals surface area contributed by atoms with Crippen molar-refractivity contribution in [2.45, 2.75) is 118 Å². The van der Waals surface area contributed by atoms with Crippen LogP contribution in [-0.4, -0.2) is 84.2 Å². The molecule has 1 aliphatic rings. The SMILES string of the molecule is CC[Si](CC)(CC)OCC1(C)CNC(=O)[C@@H](Cc2ccc(OC)c(Cl)c2)NC(=O)C=CC[C@@H]([C@H](C)COCc2ccc(OC)cc2)OC(=O)[C@H](CC(C)(C)C)NC1=O. The predicted molar refractivity (Wildman–Crippen MR) is 229 cm³/mol. The molecule has 0 fully saturated rings. The van der Waals surface area contributed by atoms with Crippen LogP contribution in [0.2, 0.25) is 23.2 Å². The van der Waals surface area contributed by atoms with Crippen LogP contribution in [-0.2, 0) is 46.1 Å². The lowest BCUT2D eigenvalue weighted by atomic mass is 9.86. The fourth-order valence-corrected chi connectivity index (χ4v) is 9.76. The molecule has 2 aromatic rings. The number of halogens is 1. The Balaban J connectivity index is 2.02. The van der Waals surface area contributed by atoms with E-state index in [2.05, 4.69) is 36.7 Å². The second-order valence-corrected chi connectivity index (χ2v) is 22.0. The molecule has 322 valence electrons. The lowest BCUT2D eigenvalue weighted by molar-refractivity contribution is -0.158. The lowest BCUT2D eigenvalue weighted by Gasteiger charge is -2.37. The Morgan fingerprint density at radius 1 is 0.931 bits per heavy atom. The Morgan fingerprint density at radius 3 is 2.17 bits per heavy atom. The standard InChI is InChI=1S/C44H66ClN3O9Si/c1-11-58(12-2,13-3)56-29-44(8)28-46-40(50)35(24-32-19-22-38(54-10)34(45)23-32)47-39(49)16-14-15-37(57-41(51)36(48-42(44)52)25-43(5,6)7)30(4)26-55-27-31-17-20-33(53-9)21-18-31/h14,16-23,30,35-37H,11-13,15,24-29H2,1-10H3,(H,46,50)(H,47,49)(H,48,52)/t30-,35-,36+,37+,44?/m1/s1. The maximum Gasteiger partial charge on any atom is 0.328 e. The molecule has 1 heterocycles. The van der Waals surface area contributed by atoms with Gasteiger partial charge in [-0.1, -0.05) is 84.3 Å². The van der Waals surface area contributed by atoms with Crippen molar-refractivity contribution >= 4 is 43.6 Å².